The Kier molecular flexibility index (Phi) is 4.30. The van der Waals surface area contributed by atoms with Gasteiger partial charge in [0.05, 0.1) is 5.41 Å². The van der Waals surface area contributed by atoms with Crippen molar-refractivity contribution in [2.45, 2.75) is 57.2 Å². The van der Waals surface area contributed by atoms with Crippen molar-refractivity contribution in [3.63, 3.8) is 0 Å². The Bertz CT molecular complexity index is 746. The van der Waals surface area contributed by atoms with Crippen LogP contribution in [0.2, 0.25) is 0 Å². The lowest BCUT2D eigenvalue weighted by Gasteiger charge is -2.58. The molecule has 2 unspecified atom stereocenters. The first-order valence-electron chi connectivity index (χ1n) is 9.50. The van der Waals surface area contributed by atoms with Crippen molar-refractivity contribution in [1.29, 1.82) is 0 Å². The van der Waals surface area contributed by atoms with Crippen LogP contribution in [-0.2, 0) is 14.3 Å². The molecule has 1 N–H and O–H groups in total. The van der Waals surface area contributed by atoms with Gasteiger partial charge in [-0.05, 0) is 87.5 Å². The molecule has 0 saturated heterocycles. The summed E-state index contributed by atoms with van der Waals surface area (Å²) in [6, 6.07) is 5.75. The largest absolute Gasteiger partial charge is 0.455 e. The fraction of sp³-hybridized carbons (Fsp3) is 0.619. The number of alkyl halides is 1. The summed E-state index contributed by atoms with van der Waals surface area (Å²) in [5, 5.41) is 2.80. The summed E-state index contributed by atoms with van der Waals surface area (Å²) in [6.07, 6.45) is 5.68. The van der Waals surface area contributed by atoms with Gasteiger partial charge in [0.25, 0.3) is 5.91 Å². The fourth-order valence-electron chi connectivity index (χ4n) is 5.69. The van der Waals surface area contributed by atoms with E-state index in [9.17, 15) is 9.59 Å². The van der Waals surface area contributed by atoms with E-state index in [0.717, 1.165) is 36.9 Å². The second-order valence-corrected chi connectivity index (χ2v) is 9.62. The zero-order chi connectivity index (χ0) is 18.5. The summed E-state index contributed by atoms with van der Waals surface area (Å²) in [7, 11) is 0. The molecule has 4 aliphatic rings. The second-order valence-electron chi connectivity index (χ2n) is 8.82. The molecular weight excluding hydrogens is 350 g/mol. The Morgan fingerprint density at radius 3 is 2.46 bits per heavy atom. The van der Waals surface area contributed by atoms with E-state index < -0.39 is 5.41 Å². The Hall–Kier alpha value is -1.55. The van der Waals surface area contributed by atoms with Crippen LogP contribution in [0.3, 0.4) is 0 Å². The predicted octanol–water partition coefficient (Wildman–Crippen LogP) is 4.36. The van der Waals surface area contributed by atoms with Gasteiger partial charge in [0.2, 0.25) is 0 Å². The molecule has 1 aromatic rings. The lowest BCUT2D eigenvalue weighted by molar-refractivity contribution is -0.171. The van der Waals surface area contributed by atoms with Crippen molar-refractivity contribution in [1.82, 2.24) is 0 Å². The average molecular weight is 376 g/mol. The highest BCUT2D eigenvalue weighted by Crippen LogP contribution is 2.64. The number of halogens is 1. The van der Waals surface area contributed by atoms with Crippen LogP contribution in [-0.4, -0.2) is 23.4 Å². The maximum Gasteiger partial charge on any atom is 0.312 e. The maximum atomic E-state index is 12.8. The molecule has 4 saturated carbocycles. The van der Waals surface area contributed by atoms with E-state index in [2.05, 4.69) is 5.32 Å². The third-order valence-electron chi connectivity index (χ3n) is 6.55. The van der Waals surface area contributed by atoms with E-state index in [4.69, 9.17) is 16.3 Å². The Morgan fingerprint density at radius 2 is 1.85 bits per heavy atom. The average Bonchev–Trinajstić information content (AvgIpc) is 2.53. The van der Waals surface area contributed by atoms with Crippen LogP contribution in [0.4, 0.5) is 5.69 Å². The van der Waals surface area contributed by atoms with Crippen LogP contribution >= 0.6 is 11.6 Å². The minimum absolute atomic E-state index is 0.230. The number of ether oxygens (including phenoxy) is 1. The van der Waals surface area contributed by atoms with Crippen LogP contribution in [0, 0.1) is 31.1 Å². The molecule has 0 aromatic heterocycles. The molecule has 0 spiro atoms. The zero-order valence-corrected chi connectivity index (χ0v) is 16.2. The highest BCUT2D eigenvalue weighted by molar-refractivity contribution is 6.24. The van der Waals surface area contributed by atoms with Crippen LogP contribution < -0.4 is 5.32 Å². The Morgan fingerprint density at radius 1 is 1.15 bits per heavy atom. The van der Waals surface area contributed by atoms with Crippen LogP contribution in [0.15, 0.2) is 18.2 Å². The molecule has 4 nitrogen and oxygen atoms in total. The maximum absolute atomic E-state index is 12.8. The minimum atomic E-state index is -0.466. The van der Waals surface area contributed by atoms with Gasteiger partial charge in [-0.1, -0.05) is 6.07 Å². The number of esters is 1. The summed E-state index contributed by atoms with van der Waals surface area (Å²) in [5.41, 5.74) is 2.54. The van der Waals surface area contributed by atoms with E-state index in [1.807, 2.05) is 32.0 Å². The monoisotopic (exact) mass is 375 g/mol. The van der Waals surface area contributed by atoms with Crippen LogP contribution in [0.25, 0.3) is 0 Å². The Labute approximate surface area is 159 Å². The quantitative estimate of drug-likeness (QED) is 0.628. The Balaban J connectivity index is 1.36. The van der Waals surface area contributed by atoms with Crippen LogP contribution in [0.5, 0.6) is 0 Å². The minimum Gasteiger partial charge on any atom is -0.455 e. The molecular formula is C21H26ClNO3. The molecule has 4 fully saturated rings. The van der Waals surface area contributed by atoms with E-state index in [-0.39, 0.29) is 23.4 Å². The third-order valence-corrected chi connectivity index (χ3v) is 6.99. The van der Waals surface area contributed by atoms with E-state index in [1.165, 1.54) is 12.0 Å². The molecule has 0 aliphatic heterocycles. The molecule has 26 heavy (non-hydrogen) atoms. The number of carbonyl (C=O) groups excluding carboxylic acids is 2. The van der Waals surface area contributed by atoms with Crippen molar-refractivity contribution < 1.29 is 14.3 Å². The summed E-state index contributed by atoms with van der Waals surface area (Å²) in [6.45, 7) is 3.79. The summed E-state index contributed by atoms with van der Waals surface area (Å²) < 4.78 is 5.45. The van der Waals surface area contributed by atoms with Gasteiger partial charge in [-0.15, -0.1) is 11.6 Å². The van der Waals surface area contributed by atoms with Crippen molar-refractivity contribution >= 4 is 29.2 Å². The number of rotatable bonds is 4. The van der Waals surface area contributed by atoms with Gasteiger partial charge in [0.1, 0.15) is 0 Å². The van der Waals surface area contributed by atoms with Gasteiger partial charge in [0, 0.05) is 10.6 Å². The second kappa shape index (κ2) is 6.26. The first-order valence-corrected chi connectivity index (χ1v) is 9.88. The molecule has 1 aromatic carbocycles. The number of hydrogen-bond acceptors (Lipinski definition) is 3. The molecule has 140 valence electrons. The molecule has 1 amide bonds. The zero-order valence-electron chi connectivity index (χ0n) is 15.4. The highest BCUT2D eigenvalue weighted by atomic mass is 35.5. The van der Waals surface area contributed by atoms with Gasteiger partial charge >= 0.3 is 5.97 Å². The van der Waals surface area contributed by atoms with E-state index >= 15 is 0 Å². The molecule has 0 radical (unpaired) electrons. The fourth-order valence-corrected chi connectivity index (χ4v) is 6.38. The van der Waals surface area contributed by atoms with Crippen LogP contribution in [0.1, 0.15) is 49.7 Å². The number of nitrogens with one attached hydrogen (secondary N) is 1. The summed E-state index contributed by atoms with van der Waals surface area (Å²) >= 11 is 6.78. The third kappa shape index (κ3) is 3.24. The first kappa shape index (κ1) is 17.8. The molecule has 5 heteroatoms. The SMILES string of the molecule is Cc1ccc(NC(=O)COC(=O)C23C[C@@H]4C[C@@H](CC(Cl)(C4)C2)C3)cc1C. The van der Waals surface area contributed by atoms with Gasteiger partial charge in [-0.2, -0.15) is 0 Å². The lowest BCUT2D eigenvalue weighted by atomic mass is 9.49. The van der Waals surface area contributed by atoms with E-state index in [1.54, 1.807) is 0 Å². The number of benzene rings is 1. The molecule has 4 bridgehead atoms. The van der Waals surface area contributed by atoms with Gasteiger partial charge < -0.3 is 10.1 Å². The molecule has 5 rings (SSSR count). The normalized spacial score (nSPS) is 34.6. The highest BCUT2D eigenvalue weighted by Gasteiger charge is 2.60. The van der Waals surface area contributed by atoms with Crippen molar-refractivity contribution in [2.75, 3.05) is 11.9 Å². The molecule has 4 atom stereocenters. The number of anilines is 1. The topological polar surface area (TPSA) is 55.4 Å². The van der Waals surface area contributed by atoms with Gasteiger partial charge in [-0.3, -0.25) is 9.59 Å². The molecule has 4 aliphatic carbocycles. The summed E-state index contributed by atoms with van der Waals surface area (Å²) in [4.78, 5) is 24.8. The van der Waals surface area contributed by atoms with Gasteiger partial charge in [-0.25, -0.2) is 0 Å². The number of amides is 1. The smallest absolute Gasteiger partial charge is 0.312 e. The van der Waals surface area contributed by atoms with E-state index in [0.29, 0.717) is 18.3 Å². The van der Waals surface area contributed by atoms with Crippen molar-refractivity contribution in [2.24, 2.45) is 17.3 Å². The van der Waals surface area contributed by atoms with Crippen molar-refractivity contribution in [3.8, 4) is 0 Å². The summed E-state index contributed by atoms with van der Waals surface area (Å²) in [5.74, 6) is 0.537. The first-order chi connectivity index (χ1) is 12.3. The number of hydrogen-bond donors (Lipinski definition) is 1. The lowest BCUT2D eigenvalue weighted by Crippen LogP contribution is -2.56. The standard InChI is InChI=1S/C21H26ClNO3/c1-13-3-4-17(5-14(13)2)23-18(24)11-26-19(25)20-7-15-6-16(8-20)10-21(22,9-15)12-20/h3-5,15-16H,6-12H2,1-2H3,(H,23,24)/t15-,16+,20?,21?. The van der Waals surface area contributed by atoms with Crippen molar-refractivity contribution in [3.05, 3.63) is 29.3 Å². The van der Waals surface area contributed by atoms with Gasteiger partial charge in [0.15, 0.2) is 6.61 Å². The molecule has 0 heterocycles. The number of carbonyl (C=O) groups is 2. The number of aryl methyl sites for hydroxylation is 2. The predicted molar refractivity (Wildman–Crippen MR) is 101 cm³/mol.